The van der Waals surface area contributed by atoms with E-state index in [0.29, 0.717) is 24.5 Å². The minimum atomic E-state index is -0.0208. The first-order chi connectivity index (χ1) is 7.75. The van der Waals surface area contributed by atoms with Gasteiger partial charge in [-0.15, -0.1) is 0 Å². The fraction of sp³-hybridized carbons (Fsp3) is 0.364. The maximum absolute atomic E-state index is 7.36. The summed E-state index contributed by atoms with van der Waals surface area (Å²) >= 11 is 0. The maximum atomic E-state index is 7.36. The Labute approximate surface area is 94.6 Å². The number of benzene rings is 1. The fourth-order valence-electron chi connectivity index (χ4n) is 1.12. The lowest BCUT2D eigenvalue weighted by Gasteiger charge is -2.10. The van der Waals surface area contributed by atoms with E-state index in [1.165, 1.54) is 0 Å². The number of rotatable bonds is 7. The lowest BCUT2D eigenvalue weighted by molar-refractivity contribution is -0.00854. The zero-order chi connectivity index (χ0) is 11.8. The van der Waals surface area contributed by atoms with Crippen LogP contribution >= 0.6 is 0 Å². The van der Waals surface area contributed by atoms with Gasteiger partial charge in [0.2, 0.25) is 0 Å². The molecule has 0 saturated heterocycles. The van der Waals surface area contributed by atoms with Crippen LogP contribution in [0.2, 0.25) is 0 Å². The minimum Gasteiger partial charge on any atom is -0.467 e. The molecule has 0 spiro atoms. The molecular weight excluding hydrogens is 208 g/mol. The average Bonchev–Trinajstić information content (AvgIpc) is 2.29. The second kappa shape index (κ2) is 6.81. The van der Waals surface area contributed by atoms with Crippen LogP contribution in [0.4, 0.5) is 0 Å². The molecule has 0 radical (unpaired) electrons. The van der Waals surface area contributed by atoms with Crippen LogP contribution in [0, 0.1) is 5.41 Å². The summed E-state index contributed by atoms with van der Waals surface area (Å²) in [5, 5.41) is 7.36. The summed E-state index contributed by atoms with van der Waals surface area (Å²) < 4.78 is 15.3. The Morgan fingerprint density at radius 3 is 2.75 bits per heavy atom. The summed E-state index contributed by atoms with van der Waals surface area (Å²) in [6.07, 6.45) is 0. The van der Waals surface area contributed by atoms with Crippen molar-refractivity contribution in [2.45, 2.75) is 0 Å². The Bertz CT molecular complexity index is 342. The maximum Gasteiger partial charge on any atom is 0.189 e. The van der Waals surface area contributed by atoms with Crippen LogP contribution in [0.3, 0.4) is 0 Å². The predicted molar refractivity (Wildman–Crippen MR) is 60.8 cm³/mol. The molecule has 0 atom stereocenters. The number of methoxy groups -OCH3 is 1. The average molecular weight is 224 g/mol. The summed E-state index contributed by atoms with van der Waals surface area (Å²) in [6.45, 7) is 1.12. The molecule has 0 aliphatic rings. The van der Waals surface area contributed by atoms with Gasteiger partial charge in [0.05, 0.1) is 18.8 Å². The van der Waals surface area contributed by atoms with E-state index in [9.17, 15) is 0 Å². The first kappa shape index (κ1) is 12.5. The summed E-state index contributed by atoms with van der Waals surface area (Å²) in [7, 11) is 1.61. The van der Waals surface area contributed by atoms with Crippen LogP contribution in [0.1, 0.15) is 5.56 Å². The second-order valence-electron chi connectivity index (χ2n) is 3.07. The fourth-order valence-corrected chi connectivity index (χ4v) is 1.12. The molecule has 1 rings (SSSR count). The van der Waals surface area contributed by atoms with Crippen molar-refractivity contribution in [2.75, 3.05) is 27.1 Å². The van der Waals surface area contributed by atoms with Crippen molar-refractivity contribution < 1.29 is 14.2 Å². The monoisotopic (exact) mass is 224 g/mol. The van der Waals surface area contributed by atoms with E-state index in [-0.39, 0.29) is 12.6 Å². The molecule has 3 N–H and O–H groups in total. The Morgan fingerprint density at radius 2 is 2.06 bits per heavy atom. The number of nitrogen functional groups attached to an aromatic ring is 1. The molecule has 0 aliphatic carbocycles. The summed E-state index contributed by atoms with van der Waals surface area (Å²) in [5.41, 5.74) is 5.98. The lowest BCUT2D eigenvalue weighted by atomic mass is 10.2. The zero-order valence-electron chi connectivity index (χ0n) is 9.23. The Hall–Kier alpha value is -1.59. The van der Waals surface area contributed by atoms with Gasteiger partial charge in [0.15, 0.2) is 6.79 Å². The molecule has 1 aromatic carbocycles. The van der Waals surface area contributed by atoms with E-state index >= 15 is 0 Å². The third-order valence-electron chi connectivity index (χ3n) is 1.91. The van der Waals surface area contributed by atoms with Crippen LogP contribution in [0.15, 0.2) is 24.3 Å². The molecule has 5 heteroatoms. The molecule has 0 amide bonds. The van der Waals surface area contributed by atoms with Gasteiger partial charge >= 0.3 is 0 Å². The van der Waals surface area contributed by atoms with Crippen molar-refractivity contribution in [2.24, 2.45) is 5.73 Å². The molecule has 0 heterocycles. The van der Waals surface area contributed by atoms with E-state index in [1.54, 1.807) is 25.3 Å². The van der Waals surface area contributed by atoms with Crippen molar-refractivity contribution >= 4 is 5.84 Å². The SMILES string of the molecule is COCCOCOc1ccccc1C(=N)N. The molecule has 16 heavy (non-hydrogen) atoms. The highest BCUT2D eigenvalue weighted by molar-refractivity contribution is 5.97. The second-order valence-corrected chi connectivity index (χ2v) is 3.07. The first-order valence-electron chi connectivity index (χ1n) is 4.88. The number of nitrogens with one attached hydrogen (secondary N) is 1. The highest BCUT2D eigenvalue weighted by atomic mass is 16.7. The molecule has 5 nitrogen and oxygen atoms in total. The van der Waals surface area contributed by atoms with Gasteiger partial charge in [0.1, 0.15) is 11.6 Å². The Balaban J connectivity index is 2.44. The third kappa shape index (κ3) is 3.88. The van der Waals surface area contributed by atoms with E-state index < -0.39 is 0 Å². The Morgan fingerprint density at radius 1 is 1.31 bits per heavy atom. The van der Waals surface area contributed by atoms with Gasteiger partial charge in [0.25, 0.3) is 0 Å². The molecule has 1 aromatic rings. The van der Waals surface area contributed by atoms with Gasteiger partial charge in [-0.3, -0.25) is 5.41 Å². The minimum absolute atomic E-state index is 0.0208. The van der Waals surface area contributed by atoms with E-state index in [4.69, 9.17) is 25.4 Å². The molecule has 0 aliphatic heterocycles. The number of hydrogen-bond donors (Lipinski definition) is 2. The summed E-state index contributed by atoms with van der Waals surface area (Å²) in [5.74, 6) is 0.528. The van der Waals surface area contributed by atoms with Crippen LogP contribution in [-0.4, -0.2) is 33.0 Å². The molecule has 0 saturated carbocycles. The highest BCUT2D eigenvalue weighted by Crippen LogP contribution is 2.16. The van der Waals surface area contributed by atoms with Crippen molar-refractivity contribution in [3.63, 3.8) is 0 Å². The molecular formula is C11H16N2O3. The number of nitrogens with two attached hydrogens (primary N) is 1. The van der Waals surface area contributed by atoms with Crippen molar-refractivity contribution in [3.05, 3.63) is 29.8 Å². The standard InChI is InChI=1S/C11H16N2O3/c1-14-6-7-15-8-16-10-5-3-2-4-9(10)11(12)13/h2-5H,6-8H2,1H3,(H3,12,13). The van der Waals surface area contributed by atoms with Crippen molar-refractivity contribution in [1.82, 2.24) is 0 Å². The van der Waals surface area contributed by atoms with Crippen LogP contribution in [0.25, 0.3) is 0 Å². The predicted octanol–water partition coefficient (Wildman–Crippen LogP) is 0.970. The quantitative estimate of drug-likeness (QED) is 0.313. The molecule has 0 bridgehead atoms. The van der Waals surface area contributed by atoms with Gasteiger partial charge < -0.3 is 19.9 Å². The lowest BCUT2D eigenvalue weighted by Crippen LogP contribution is -2.14. The number of para-hydroxylation sites is 1. The van der Waals surface area contributed by atoms with Crippen LogP contribution in [-0.2, 0) is 9.47 Å². The smallest absolute Gasteiger partial charge is 0.189 e. The number of ether oxygens (including phenoxy) is 3. The first-order valence-corrected chi connectivity index (χ1v) is 4.88. The van der Waals surface area contributed by atoms with Crippen LogP contribution < -0.4 is 10.5 Å². The highest BCUT2D eigenvalue weighted by Gasteiger charge is 2.04. The number of hydrogen-bond acceptors (Lipinski definition) is 4. The largest absolute Gasteiger partial charge is 0.467 e. The van der Waals surface area contributed by atoms with Gasteiger partial charge in [0, 0.05) is 7.11 Å². The summed E-state index contributed by atoms with van der Waals surface area (Å²) in [6, 6.07) is 7.09. The van der Waals surface area contributed by atoms with Crippen LogP contribution in [0.5, 0.6) is 5.75 Å². The summed E-state index contributed by atoms with van der Waals surface area (Å²) in [4.78, 5) is 0. The molecule has 0 fully saturated rings. The van der Waals surface area contributed by atoms with E-state index in [0.717, 1.165) is 0 Å². The zero-order valence-corrected chi connectivity index (χ0v) is 9.23. The third-order valence-corrected chi connectivity index (χ3v) is 1.91. The topological polar surface area (TPSA) is 77.6 Å². The van der Waals surface area contributed by atoms with Gasteiger partial charge in [-0.25, -0.2) is 0 Å². The number of amidine groups is 1. The molecule has 0 unspecified atom stereocenters. The van der Waals surface area contributed by atoms with Gasteiger partial charge in [-0.1, -0.05) is 12.1 Å². The van der Waals surface area contributed by atoms with E-state index in [1.807, 2.05) is 6.07 Å². The Kier molecular flexibility index (Phi) is 5.31. The van der Waals surface area contributed by atoms with Gasteiger partial charge in [-0.2, -0.15) is 0 Å². The molecule has 0 aromatic heterocycles. The molecule has 88 valence electrons. The van der Waals surface area contributed by atoms with Gasteiger partial charge in [-0.05, 0) is 12.1 Å². The van der Waals surface area contributed by atoms with Crippen molar-refractivity contribution in [1.29, 1.82) is 5.41 Å². The van der Waals surface area contributed by atoms with Crippen molar-refractivity contribution in [3.8, 4) is 5.75 Å². The normalized spacial score (nSPS) is 10.1. The van der Waals surface area contributed by atoms with E-state index in [2.05, 4.69) is 0 Å².